The molecule has 8 N–H and O–H groups in total. The van der Waals surface area contributed by atoms with Crippen LogP contribution in [0.1, 0.15) is 75.6 Å². The van der Waals surface area contributed by atoms with Crippen LogP contribution in [-0.2, 0) is 12.8 Å². The summed E-state index contributed by atoms with van der Waals surface area (Å²) in [6.07, 6.45) is 5.04. The zero-order valence-corrected chi connectivity index (χ0v) is 20.7. The van der Waals surface area contributed by atoms with Crippen LogP contribution in [0.4, 0.5) is 11.8 Å². The summed E-state index contributed by atoms with van der Waals surface area (Å²) < 4.78 is 0. The highest BCUT2D eigenvalue weighted by Crippen LogP contribution is 2.40. The van der Waals surface area contributed by atoms with Crippen molar-refractivity contribution in [2.45, 2.75) is 71.6 Å². The zero-order chi connectivity index (χ0) is 25.8. The molecule has 0 bridgehead atoms. The van der Waals surface area contributed by atoms with E-state index in [9.17, 15) is 24.7 Å². The summed E-state index contributed by atoms with van der Waals surface area (Å²) in [7, 11) is -1.86. The minimum absolute atomic E-state index is 0.0258. The maximum atomic E-state index is 12.3. The number of rotatable bonds is 10. The van der Waals surface area contributed by atoms with Crippen LogP contribution < -0.4 is 27.9 Å². The van der Waals surface area contributed by atoms with Gasteiger partial charge in [0.05, 0.1) is 5.59 Å². The van der Waals surface area contributed by atoms with E-state index >= 15 is 0 Å². The average molecular weight is 488 g/mol. The van der Waals surface area contributed by atoms with Gasteiger partial charge in [-0.2, -0.15) is 4.98 Å². The number of aromatic nitrogens is 4. The standard InChI is InChI=1S/C23H37BN6O5/c1-23(2,3)14(5-4-6-15-18(24(34)35)28-21(25)30-20(15)32)8-7-13-9-11-26-19-17(13)16(10-12-31)27-22(33)29-19/h13-14,31,34-35H,4-12H2,1-3H3,(H3,25,28,30,32)(H2,26,27,29,33). The lowest BCUT2D eigenvalue weighted by Gasteiger charge is -2.34. The predicted octanol–water partition coefficient (Wildman–Crippen LogP) is 0.0146. The van der Waals surface area contributed by atoms with Gasteiger partial charge in [-0.25, -0.2) is 9.78 Å². The van der Waals surface area contributed by atoms with Crippen molar-refractivity contribution in [3.8, 4) is 0 Å². The number of anilines is 2. The zero-order valence-electron chi connectivity index (χ0n) is 20.7. The Bertz CT molecular complexity index is 1130. The van der Waals surface area contributed by atoms with Crippen LogP contribution in [0.5, 0.6) is 0 Å². The number of H-pyrrole nitrogens is 2. The van der Waals surface area contributed by atoms with Gasteiger partial charge in [-0.3, -0.25) is 9.78 Å². The van der Waals surface area contributed by atoms with Gasteiger partial charge in [-0.05, 0) is 55.8 Å². The van der Waals surface area contributed by atoms with E-state index in [1.165, 1.54) is 0 Å². The Morgan fingerprint density at radius 1 is 1.14 bits per heavy atom. The molecule has 12 heteroatoms. The maximum absolute atomic E-state index is 12.3. The number of hydrogen-bond donors (Lipinski definition) is 7. The Hall–Kier alpha value is -2.70. The van der Waals surface area contributed by atoms with Crippen molar-refractivity contribution in [1.82, 2.24) is 19.9 Å². The molecule has 35 heavy (non-hydrogen) atoms. The molecule has 1 aliphatic rings. The number of aliphatic hydroxyl groups excluding tert-OH is 1. The largest absolute Gasteiger partial charge is 0.508 e. The summed E-state index contributed by atoms with van der Waals surface area (Å²) in [6.45, 7) is 7.29. The average Bonchev–Trinajstić information content (AvgIpc) is 2.75. The Labute approximate surface area is 204 Å². The number of aliphatic hydroxyl groups is 1. The van der Waals surface area contributed by atoms with Crippen molar-refractivity contribution in [3.05, 3.63) is 37.7 Å². The van der Waals surface area contributed by atoms with Gasteiger partial charge in [0.1, 0.15) is 5.82 Å². The summed E-state index contributed by atoms with van der Waals surface area (Å²) in [5.74, 6) is 1.04. The van der Waals surface area contributed by atoms with E-state index in [4.69, 9.17) is 5.73 Å². The molecule has 2 aromatic rings. The third kappa shape index (κ3) is 6.71. The molecule has 3 rings (SSSR count). The molecule has 2 aromatic heterocycles. The summed E-state index contributed by atoms with van der Waals surface area (Å²) in [4.78, 5) is 37.5. The molecule has 2 atom stereocenters. The first kappa shape index (κ1) is 26.9. The van der Waals surface area contributed by atoms with Gasteiger partial charge in [0, 0.05) is 36.4 Å². The molecule has 11 nitrogen and oxygen atoms in total. The highest BCUT2D eigenvalue weighted by molar-refractivity contribution is 6.58. The van der Waals surface area contributed by atoms with Gasteiger partial charge >= 0.3 is 12.8 Å². The fraction of sp³-hybridized carbons (Fsp3) is 0.652. The lowest BCUT2D eigenvalue weighted by atomic mass is 9.73. The smallest absolute Gasteiger partial charge is 0.422 e. The van der Waals surface area contributed by atoms with Gasteiger partial charge < -0.3 is 31.2 Å². The lowest BCUT2D eigenvalue weighted by Crippen LogP contribution is -2.41. The van der Waals surface area contributed by atoms with Crippen LogP contribution in [0.2, 0.25) is 0 Å². The SMILES string of the molecule is CC(C)(C)C(CCCc1c(B(O)O)nc(N)[nH]c1=O)CCC1CCNc2nc(=O)[nH]c(CCO)c21. The number of fused-ring (bicyclic) bond motifs is 1. The molecule has 0 amide bonds. The number of aromatic amines is 2. The second-order valence-electron chi connectivity index (χ2n) is 10.4. The molecule has 1 aliphatic heterocycles. The summed E-state index contributed by atoms with van der Waals surface area (Å²) in [5.41, 5.74) is 6.62. The molecule has 0 fully saturated rings. The molecule has 0 saturated heterocycles. The second kappa shape index (κ2) is 11.4. The topological polar surface area (TPSA) is 190 Å². The fourth-order valence-electron chi connectivity index (χ4n) is 5.14. The van der Waals surface area contributed by atoms with Gasteiger partial charge in [0.25, 0.3) is 5.56 Å². The first-order valence-corrected chi connectivity index (χ1v) is 12.2. The predicted molar refractivity (Wildman–Crippen MR) is 136 cm³/mol. The first-order chi connectivity index (χ1) is 16.5. The Balaban J connectivity index is 1.72. The van der Waals surface area contributed by atoms with Crippen LogP contribution in [-0.4, -0.2) is 55.4 Å². The van der Waals surface area contributed by atoms with E-state index in [0.29, 0.717) is 31.0 Å². The fourth-order valence-corrected chi connectivity index (χ4v) is 5.14. The Kier molecular flexibility index (Phi) is 8.73. The number of nitrogens with one attached hydrogen (secondary N) is 3. The highest BCUT2D eigenvalue weighted by atomic mass is 16.4. The molecule has 0 spiro atoms. The number of hydrogen-bond acceptors (Lipinski definition) is 9. The first-order valence-electron chi connectivity index (χ1n) is 12.2. The summed E-state index contributed by atoms with van der Waals surface area (Å²) in [6, 6.07) is 0. The molecule has 0 saturated carbocycles. The quantitative estimate of drug-likeness (QED) is 0.226. The minimum atomic E-state index is -1.86. The molecule has 2 unspecified atom stereocenters. The van der Waals surface area contributed by atoms with Crippen molar-refractivity contribution >= 4 is 24.5 Å². The van der Waals surface area contributed by atoms with E-state index in [1.54, 1.807) is 0 Å². The third-order valence-electron chi connectivity index (χ3n) is 6.98. The van der Waals surface area contributed by atoms with Gasteiger partial charge in [-0.15, -0.1) is 0 Å². The van der Waals surface area contributed by atoms with E-state index < -0.39 is 18.4 Å². The molecule has 0 aliphatic carbocycles. The van der Waals surface area contributed by atoms with Gasteiger partial charge in [-0.1, -0.05) is 20.8 Å². The van der Waals surface area contributed by atoms with Crippen LogP contribution in [0.25, 0.3) is 0 Å². The monoisotopic (exact) mass is 488 g/mol. The number of nitrogen functional groups attached to an aromatic ring is 1. The highest BCUT2D eigenvalue weighted by Gasteiger charge is 2.30. The second-order valence-corrected chi connectivity index (χ2v) is 10.4. The summed E-state index contributed by atoms with van der Waals surface area (Å²) >= 11 is 0. The molecule has 3 heterocycles. The van der Waals surface area contributed by atoms with Crippen LogP contribution in [0, 0.1) is 11.3 Å². The molecule has 0 radical (unpaired) electrons. The van der Waals surface area contributed by atoms with Gasteiger partial charge in [0.2, 0.25) is 0 Å². The van der Waals surface area contributed by atoms with Crippen LogP contribution >= 0.6 is 0 Å². The van der Waals surface area contributed by atoms with E-state index in [0.717, 1.165) is 43.5 Å². The Morgan fingerprint density at radius 3 is 2.54 bits per heavy atom. The van der Waals surface area contributed by atoms with Crippen LogP contribution in [0.15, 0.2) is 9.59 Å². The summed E-state index contributed by atoms with van der Waals surface area (Å²) in [5, 5.41) is 31.9. The van der Waals surface area contributed by atoms with Crippen molar-refractivity contribution in [2.24, 2.45) is 11.3 Å². The number of nitrogens with two attached hydrogens (primary N) is 1. The van der Waals surface area contributed by atoms with E-state index in [1.807, 2.05) is 0 Å². The minimum Gasteiger partial charge on any atom is -0.422 e. The number of nitrogens with zero attached hydrogens (tertiary/aromatic N) is 2. The van der Waals surface area contributed by atoms with Crippen molar-refractivity contribution < 1.29 is 15.2 Å². The molecule has 0 aromatic carbocycles. The van der Waals surface area contributed by atoms with Crippen LogP contribution in [0.3, 0.4) is 0 Å². The third-order valence-corrected chi connectivity index (χ3v) is 6.98. The van der Waals surface area contributed by atoms with Crippen molar-refractivity contribution in [3.63, 3.8) is 0 Å². The van der Waals surface area contributed by atoms with Gasteiger partial charge in [0.15, 0.2) is 5.95 Å². The molecular formula is C23H37BN6O5. The van der Waals surface area contributed by atoms with Crippen molar-refractivity contribution in [1.29, 1.82) is 0 Å². The molecular weight excluding hydrogens is 451 g/mol. The normalized spacial score (nSPS) is 16.5. The lowest BCUT2D eigenvalue weighted by molar-refractivity contribution is 0.199. The molecule has 192 valence electrons. The van der Waals surface area contributed by atoms with Crippen molar-refractivity contribution in [2.75, 3.05) is 24.2 Å². The maximum Gasteiger partial charge on any atom is 0.508 e. The Morgan fingerprint density at radius 2 is 1.89 bits per heavy atom. The van der Waals surface area contributed by atoms with E-state index in [-0.39, 0.29) is 35.0 Å². The van der Waals surface area contributed by atoms with E-state index in [2.05, 4.69) is 46.0 Å².